The highest BCUT2D eigenvalue weighted by molar-refractivity contribution is 5.86. The van der Waals surface area contributed by atoms with Crippen LogP contribution in [0, 0.1) is 24.0 Å². The van der Waals surface area contributed by atoms with Gasteiger partial charge in [0.1, 0.15) is 18.2 Å². The molecule has 5 nitrogen and oxygen atoms in total. The van der Waals surface area contributed by atoms with Crippen LogP contribution in [0.2, 0.25) is 0 Å². The van der Waals surface area contributed by atoms with Crippen LogP contribution in [0.1, 0.15) is 41.8 Å². The number of nitrogens with zero attached hydrogens (tertiary/aromatic N) is 2. The van der Waals surface area contributed by atoms with Crippen LogP contribution in [-0.4, -0.2) is 77.4 Å². The van der Waals surface area contributed by atoms with E-state index < -0.39 is 49.5 Å². The van der Waals surface area contributed by atoms with Crippen molar-refractivity contribution in [3.8, 4) is 12.3 Å². The molecule has 1 aromatic heterocycles. The Morgan fingerprint density at radius 3 is 2.54 bits per heavy atom. The lowest BCUT2D eigenvalue weighted by Crippen LogP contribution is -2.54. The molecule has 0 amide bonds. The van der Waals surface area contributed by atoms with Gasteiger partial charge in [0.15, 0.2) is 0 Å². The molecule has 10 heteroatoms. The molecular weight excluding hydrogens is 515 g/mol. The Morgan fingerprint density at radius 1 is 1.18 bits per heavy atom. The Morgan fingerprint density at radius 2 is 1.90 bits per heavy atom. The number of aromatic nitrogens is 1. The zero-order chi connectivity index (χ0) is 27.9. The minimum atomic E-state index is -3.47. The van der Waals surface area contributed by atoms with Crippen molar-refractivity contribution >= 4 is 16.6 Å². The quantitative estimate of drug-likeness (QED) is 0.266. The number of likely N-dealkylation sites (tertiary alicyclic amines) is 1. The molecule has 2 atom stereocenters. The number of H-pyrrole nitrogens is 1. The Bertz CT molecular complexity index is 1370. The van der Waals surface area contributed by atoms with Gasteiger partial charge in [0.25, 0.3) is 5.92 Å². The molecule has 0 saturated carbocycles. The number of nitrogens with one attached hydrogen (secondary N) is 2. The van der Waals surface area contributed by atoms with Gasteiger partial charge in [-0.3, -0.25) is 14.2 Å². The highest BCUT2D eigenvalue weighted by Crippen LogP contribution is 2.44. The summed E-state index contributed by atoms with van der Waals surface area (Å²) in [7, 11) is 0. The Labute approximate surface area is 224 Å². The number of halogens is 5. The molecule has 1 fully saturated rings. The highest BCUT2D eigenvalue weighted by atomic mass is 19.3. The number of fused-ring (bicyclic) bond motifs is 3. The van der Waals surface area contributed by atoms with E-state index in [1.807, 2.05) is 11.0 Å². The third-order valence-corrected chi connectivity index (χ3v) is 7.71. The lowest BCUT2D eigenvalue weighted by atomic mass is 9.87. The minimum absolute atomic E-state index is 0.0330. The maximum absolute atomic E-state index is 15.8. The molecule has 3 aromatic rings. The van der Waals surface area contributed by atoms with Crippen LogP contribution >= 0.6 is 0 Å². The topological polar surface area (TPSA) is 54.5 Å². The molecule has 0 spiro atoms. The van der Waals surface area contributed by atoms with E-state index in [9.17, 15) is 18.3 Å². The summed E-state index contributed by atoms with van der Waals surface area (Å²) < 4.78 is 72.9. The molecule has 2 aliphatic rings. The second kappa shape index (κ2) is 10.8. The van der Waals surface area contributed by atoms with E-state index in [-0.39, 0.29) is 17.3 Å². The van der Waals surface area contributed by atoms with Gasteiger partial charge in [-0.15, -0.1) is 6.42 Å². The first-order chi connectivity index (χ1) is 18.6. The number of terminal acetylenes is 1. The first-order valence-corrected chi connectivity index (χ1v) is 13.0. The molecule has 0 aliphatic carbocycles. The van der Waals surface area contributed by atoms with Crippen molar-refractivity contribution in [1.29, 1.82) is 0 Å². The van der Waals surface area contributed by atoms with E-state index in [2.05, 4.69) is 16.2 Å². The minimum Gasteiger partial charge on any atom is -0.390 e. The van der Waals surface area contributed by atoms with Crippen LogP contribution in [0.15, 0.2) is 30.3 Å². The van der Waals surface area contributed by atoms with Gasteiger partial charge < -0.3 is 15.4 Å². The summed E-state index contributed by atoms with van der Waals surface area (Å²) in [6, 6.07) is 5.99. The normalized spacial score (nSPS) is 20.6. The van der Waals surface area contributed by atoms with Crippen LogP contribution in [0.3, 0.4) is 0 Å². The van der Waals surface area contributed by atoms with E-state index in [1.165, 1.54) is 17.0 Å². The molecule has 208 valence electrons. The molecule has 0 radical (unpaired) electrons. The number of alkyl halides is 3. The average molecular weight is 547 g/mol. The van der Waals surface area contributed by atoms with E-state index >= 15 is 8.78 Å². The maximum Gasteiger partial charge on any atom is 0.283 e. The summed E-state index contributed by atoms with van der Waals surface area (Å²) >= 11 is 0. The monoisotopic (exact) mass is 546 g/mol. The van der Waals surface area contributed by atoms with Gasteiger partial charge >= 0.3 is 0 Å². The van der Waals surface area contributed by atoms with Gasteiger partial charge in [-0.25, -0.2) is 17.6 Å². The predicted molar refractivity (Wildman–Crippen MR) is 141 cm³/mol. The molecule has 2 unspecified atom stereocenters. The Balaban J connectivity index is 1.53. The zero-order valence-electron chi connectivity index (χ0n) is 21.6. The van der Waals surface area contributed by atoms with Gasteiger partial charge in [0, 0.05) is 59.1 Å². The zero-order valence-corrected chi connectivity index (χ0v) is 21.6. The smallest absolute Gasteiger partial charge is 0.283 e. The van der Waals surface area contributed by atoms with Crippen LogP contribution < -0.4 is 5.32 Å². The summed E-state index contributed by atoms with van der Waals surface area (Å²) in [6.45, 7) is 0.966. The maximum atomic E-state index is 15.8. The Hall–Kier alpha value is -3.13. The second-order valence-electron chi connectivity index (χ2n) is 10.6. The van der Waals surface area contributed by atoms with E-state index in [0.29, 0.717) is 49.2 Å². The summed E-state index contributed by atoms with van der Waals surface area (Å²) in [5.74, 6) is -2.64. The number of hydrogen-bond donors (Lipinski definition) is 3. The molecule has 39 heavy (non-hydrogen) atoms. The van der Waals surface area contributed by atoms with Crippen molar-refractivity contribution < 1.29 is 27.1 Å². The van der Waals surface area contributed by atoms with Gasteiger partial charge in [-0.1, -0.05) is 12.0 Å². The fourth-order valence-corrected chi connectivity index (χ4v) is 5.82. The number of benzene rings is 2. The molecule has 2 aromatic carbocycles. The van der Waals surface area contributed by atoms with Crippen LogP contribution in [0.25, 0.3) is 10.9 Å². The third kappa shape index (κ3) is 5.36. The van der Waals surface area contributed by atoms with Crippen molar-refractivity contribution in [1.82, 2.24) is 14.8 Å². The molecular formula is C29H31F5N4O. The standard InChI is InChI=1S/C29H31F5N4O/c1-3-18-5-6-21-22-9-17(2)38(15-29(33,34)16-39)28(27(22)36-25(21)10-18)26-23(31)11-19(12-24(26)32)35-20-13-37(14-20)8-4-7-30/h1,5-6,10-12,17,20,28,35-36,39H,4,7-9,13-16H2,2H3. The molecule has 3 heterocycles. The first kappa shape index (κ1) is 27.4. The average Bonchev–Trinajstić information content (AvgIpc) is 3.23. The largest absolute Gasteiger partial charge is 0.390 e. The van der Waals surface area contributed by atoms with Crippen LogP contribution in [0.5, 0.6) is 0 Å². The summed E-state index contributed by atoms with van der Waals surface area (Å²) in [5, 5.41) is 13.2. The van der Waals surface area contributed by atoms with E-state index in [4.69, 9.17) is 6.42 Å². The molecule has 5 rings (SSSR count). The summed E-state index contributed by atoms with van der Waals surface area (Å²) in [6.07, 6.45) is 6.35. The van der Waals surface area contributed by atoms with Gasteiger partial charge in [0.05, 0.1) is 25.3 Å². The first-order valence-electron chi connectivity index (χ1n) is 13.0. The van der Waals surface area contributed by atoms with Crippen molar-refractivity contribution in [3.05, 3.63) is 64.4 Å². The predicted octanol–water partition coefficient (Wildman–Crippen LogP) is 4.85. The Kier molecular flexibility index (Phi) is 7.60. The lowest BCUT2D eigenvalue weighted by molar-refractivity contribution is -0.0869. The van der Waals surface area contributed by atoms with Gasteiger partial charge in [0.2, 0.25) is 0 Å². The number of anilines is 1. The van der Waals surface area contributed by atoms with Crippen molar-refractivity contribution in [2.45, 2.75) is 43.8 Å². The van der Waals surface area contributed by atoms with Gasteiger partial charge in [-0.05, 0) is 49.6 Å². The van der Waals surface area contributed by atoms with Crippen molar-refractivity contribution in [2.75, 3.05) is 44.8 Å². The van der Waals surface area contributed by atoms with Gasteiger partial charge in [-0.2, -0.15) is 0 Å². The molecule has 2 aliphatic heterocycles. The number of aliphatic hydroxyl groups excluding tert-OH is 1. The van der Waals surface area contributed by atoms with E-state index in [1.54, 1.807) is 19.1 Å². The van der Waals surface area contributed by atoms with Crippen molar-refractivity contribution in [3.63, 3.8) is 0 Å². The molecule has 0 bridgehead atoms. The molecule has 1 saturated heterocycles. The third-order valence-electron chi connectivity index (χ3n) is 7.71. The highest BCUT2D eigenvalue weighted by Gasteiger charge is 2.43. The fraction of sp³-hybridized carbons (Fsp3) is 0.448. The number of aliphatic hydroxyl groups is 1. The van der Waals surface area contributed by atoms with Crippen LogP contribution in [-0.2, 0) is 6.42 Å². The lowest BCUT2D eigenvalue weighted by Gasteiger charge is -2.42. The van der Waals surface area contributed by atoms with Crippen molar-refractivity contribution in [2.24, 2.45) is 0 Å². The molecule has 3 N–H and O–H groups in total. The number of aromatic amines is 1. The van der Waals surface area contributed by atoms with E-state index in [0.717, 1.165) is 10.9 Å². The second-order valence-corrected chi connectivity index (χ2v) is 10.6. The summed E-state index contributed by atoms with van der Waals surface area (Å²) in [5.41, 5.74) is 2.39. The fourth-order valence-electron chi connectivity index (χ4n) is 5.82. The number of rotatable bonds is 9. The number of hydrogen-bond acceptors (Lipinski definition) is 4. The van der Waals surface area contributed by atoms with Crippen LogP contribution in [0.4, 0.5) is 27.6 Å². The summed E-state index contributed by atoms with van der Waals surface area (Å²) in [4.78, 5) is 6.60. The SMILES string of the molecule is C#Cc1ccc2c3c([nH]c2c1)C(c1c(F)cc(NC2CN(CCCF)C2)cc1F)N(CC(F)(F)CO)C(C)C3.